The highest BCUT2D eigenvalue weighted by atomic mass is 31.2. The van der Waals surface area contributed by atoms with Crippen molar-refractivity contribution in [3.8, 4) is 0 Å². The highest BCUT2D eigenvalue weighted by molar-refractivity contribution is 7.65. The third-order valence-electron chi connectivity index (χ3n) is 0.949. The van der Waals surface area contributed by atoms with E-state index in [9.17, 15) is 34.3 Å². The first kappa shape index (κ1) is 18.8. The van der Waals surface area contributed by atoms with Gasteiger partial charge in [-0.05, 0) is 0 Å². The number of alkyl halides is 5. The van der Waals surface area contributed by atoms with Crippen molar-refractivity contribution in [2.45, 2.75) is 12.3 Å². The number of rotatable bonds is 2. The molecule has 1 rings (SSSR count). The maximum atomic E-state index is 11.4. The van der Waals surface area contributed by atoms with Crippen molar-refractivity contribution in [1.29, 1.82) is 0 Å². The molecule has 0 aromatic rings. The lowest BCUT2D eigenvalue weighted by Crippen LogP contribution is -2.45. The summed E-state index contributed by atoms with van der Waals surface area (Å²) in [6, 6.07) is 0. The molecule has 0 amide bonds. The SMILES string of the molecule is FC(F)(F)C(F)(F)O[Si](F)(F)F.N1PNPNP1. The van der Waals surface area contributed by atoms with Crippen molar-refractivity contribution < 1.29 is 38.7 Å². The second-order valence-corrected chi connectivity index (χ2v) is 7.16. The molecule has 3 N–H and O–H groups in total. The van der Waals surface area contributed by atoms with Gasteiger partial charge in [0.05, 0.1) is 0 Å². The normalized spacial score (nSPS) is 22.0. The topological polar surface area (TPSA) is 45.3 Å². The summed E-state index contributed by atoms with van der Waals surface area (Å²) >= 11 is 0. The van der Waals surface area contributed by atoms with Crippen molar-refractivity contribution in [3.63, 3.8) is 0 Å². The first-order valence-corrected chi connectivity index (χ1v) is 8.21. The molecule has 1 aliphatic rings. The monoisotopic (exact) mass is 361 g/mol. The predicted molar refractivity (Wildman–Crippen MR) is 55.5 cm³/mol. The fourth-order valence-electron chi connectivity index (χ4n) is 0.391. The highest BCUT2D eigenvalue weighted by Gasteiger charge is 2.66. The first-order chi connectivity index (χ1) is 7.96. The zero-order chi connectivity index (χ0) is 14.4. The summed E-state index contributed by atoms with van der Waals surface area (Å²) in [5.74, 6) is 0. The Morgan fingerprint density at radius 2 is 1.11 bits per heavy atom. The lowest BCUT2D eigenvalue weighted by molar-refractivity contribution is -0.371. The smallest absolute Gasteiger partial charge is 0.274 e. The van der Waals surface area contributed by atoms with Crippen LogP contribution in [-0.2, 0) is 4.43 Å². The van der Waals surface area contributed by atoms with E-state index in [0.29, 0.717) is 0 Å². The molecule has 1 heterocycles. The Balaban J connectivity index is 0.000000397. The molecule has 0 unspecified atom stereocenters. The number of nitrogens with one attached hydrogen (secondary N) is 3. The summed E-state index contributed by atoms with van der Waals surface area (Å²) in [6.07, 6.45) is -12.5. The van der Waals surface area contributed by atoms with Gasteiger partial charge in [-0.15, -0.1) is 0 Å². The molecule has 0 spiro atoms. The average Bonchev–Trinajstić information content (AvgIpc) is 2.15. The van der Waals surface area contributed by atoms with Gasteiger partial charge in [0.25, 0.3) is 0 Å². The van der Waals surface area contributed by atoms with Crippen molar-refractivity contribution >= 4 is 36.0 Å². The van der Waals surface area contributed by atoms with E-state index in [-0.39, 0.29) is 0 Å². The van der Waals surface area contributed by atoms with Crippen LogP contribution in [0, 0.1) is 0 Å². The summed E-state index contributed by atoms with van der Waals surface area (Å²) in [5.41, 5.74) is 0. The Morgan fingerprint density at radius 3 is 1.22 bits per heavy atom. The zero-order valence-corrected chi connectivity index (χ0v) is 11.9. The van der Waals surface area contributed by atoms with Gasteiger partial charge in [0.1, 0.15) is 0 Å². The highest BCUT2D eigenvalue weighted by Crippen LogP contribution is 2.39. The van der Waals surface area contributed by atoms with E-state index >= 15 is 0 Å². The lowest BCUT2D eigenvalue weighted by Gasteiger charge is -2.19. The third-order valence-corrected chi connectivity index (χ3v) is 4.44. The van der Waals surface area contributed by atoms with E-state index in [1.54, 1.807) is 4.43 Å². The lowest BCUT2D eigenvalue weighted by atomic mass is 10.6. The second-order valence-electron chi connectivity index (χ2n) is 2.31. The van der Waals surface area contributed by atoms with Gasteiger partial charge < -0.3 is 0 Å². The fourth-order valence-corrected chi connectivity index (χ4v) is 3.98. The summed E-state index contributed by atoms with van der Waals surface area (Å²) in [6.45, 7) is 0. The van der Waals surface area contributed by atoms with Crippen molar-refractivity contribution in [1.82, 2.24) is 14.6 Å². The molecule has 0 aromatic heterocycles. The van der Waals surface area contributed by atoms with Crippen LogP contribution in [0.2, 0.25) is 0 Å². The predicted octanol–water partition coefficient (Wildman–Crippen LogP) is 2.80. The molecule has 0 aliphatic carbocycles. The summed E-state index contributed by atoms with van der Waals surface area (Å²) in [7, 11) is -5.08. The van der Waals surface area contributed by atoms with Crippen LogP contribution in [0.5, 0.6) is 0 Å². The van der Waals surface area contributed by atoms with Crippen LogP contribution >= 0.6 is 26.6 Å². The Labute approximate surface area is 102 Å². The largest absolute Gasteiger partial charge is 0.807 e. The van der Waals surface area contributed by atoms with Gasteiger partial charge in [-0.25, -0.2) is 12.3 Å². The van der Waals surface area contributed by atoms with E-state index in [1.165, 1.54) is 0 Å². The number of hydrogen-bond donors (Lipinski definition) is 3. The van der Waals surface area contributed by atoms with Gasteiger partial charge in [-0.2, -0.15) is 22.0 Å². The minimum Gasteiger partial charge on any atom is -0.274 e. The third kappa shape index (κ3) is 8.81. The standard InChI is InChI=1S/C2F8OSi.H6N3P3/c3-1(4,5)2(6,7)11-12(8,9)10;1-4-2-6-3-5-1/h;1-6H. The van der Waals surface area contributed by atoms with E-state index in [1.807, 2.05) is 0 Å². The van der Waals surface area contributed by atoms with Crippen LogP contribution in [0.25, 0.3) is 0 Å². The molecule has 1 aliphatic heterocycles. The van der Waals surface area contributed by atoms with Crippen molar-refractivity contribution in [2.75, 3.05) is 0 Å². The molecule has 1 fully saturated rings. The molecular weight excluding hydrogens is 355 g/mol. The summed E-state index contributed by atoms with van der Waals surface area (Å²) in [5, 5.41) is 0. The van der Waals surface area contributed by atoms with E-state index in [4.69, 9.17) is 0 Å². The van der Waals surface area contributed by atoms with Crippen LogP contribution in [0.15, 0.2) is 0 Å². The number of halogens is 8. The van der Waals surface area contributed by atoms with E-state index in [2.05, 4.69) is 14.6 Å². The molecule has 4 nitrogen and oxygen atoms in total. The average molecular weight is 361 g/mol. The molecule has 0 radical (unpaired) electrons. The Morgan fingerprint density at radius 1 is 0.778 bits per heavy atom. The van der Waals surface area contributed by atoms with Crippen LogP contribution in [-0.4, -0.2) is 21.6 Å². The molecule has 0 saturated carbocycles. The zero-order valence-electron chi connectivity index (χ0n) is 7.93. The van der Waals surface area contributed by atoms with Gasteiger partial charge >= 0.3 is 21.6 Å². The second kappa shape index (κ2) is 7.54. The van der Waals surface area contributed by atoms with Crippen molar-refractivity contribution in [3.05, 3.63) is 0 Å². The molecule has 110 valence electrons. The maximum absolute atomic E-state index is 11.4. The quantitative estimate of drug-likeness (QED) is 0.306. The van der Waals surface area contributed by atoms with Gasteiger partial charge in [-0.1, -0.05) is 0 Å². The van der Waals surface area contributed by atoms with Gasteiger partial charge in [-0.3, -0.25) is 19.0 Å². The van der Waals surface area contributed by atoms with Gasteiger partial charge in [0, 0.05) is 26.6 Å². The van der Waals surface area contributed by atoms with E-state index < -0.39 is 21.6 Å². The molecule has 16 heteroatoms. The summed E-state index contributed by atoms with van der Waals surface area (Å²) < 4.78 is 90.5. The van der Waals surface area contributed by atoms with E-state index in [0.717, 1.165) is 26.6 Å². The van der Waals surface area contributed by atoms with Crippen LogP contribution in [0.3, 0.4) is 0 Å². The van der Waals surface area contributed by atoms with Crippen molar-refractivity contribution in [2.24, 2.45) is 0 Å². The molecule has 1 saturated heterocycles. The molecule has 18 heavy (non-hydrogen) atoms. The van der Waals surface area contributed by atoms with Crippen LogP contribution in [0.4, 0.5) is 34.3 Å². The fraction of sp³-hybridized carbons (Fsp3) is 1.00. The minimum absolute atomic E-state index is 0.764. The Kier molecular flexibility index (Phi) is 7.87. The van der Waals surface area contributed by atoms with Crippen LogP contribution < -0.4 is 14.6 Å². The molecule has 0 aromatic carbocycles. The molecule has 0 atom stereocenters. The Hall–Kier alpha value is 0.787. The molecular formula is C2H6F8N3OP3Si. The minimum atomic E-state index is -7.37. The van der Waals surface area contributed by atoms with Gasteiger partial charge in [0.15, 0.2) is 0 Å². The Bertz CT molecular complexity index is 233. The summed E-state index contributed by atoms with van der Waals surface area (Å²) in [4.78, 5) is 9.38. The molecule has 0 bridgehead atoms. The van der Waals surface area contributed by atoms with Gasteiger partial charge in [0.2, 0.25) is 0 Å². The number of hydrogen-bond acceptors (Lipinski definition) is 4. The maximum Gasteiger partial charge on any atom is 0.807 e. The van der Waals surface area contributed by atoms with Crippen LogP contribution in [0.1, 0.15) is 0 Å². The first-order valence-electron chi connectivity index (χ1n) is 3.67.